The summed E-state index contributed by atoms with van der Waals surface area (Å²) in [6.07, 6.45) is 2.00. The van der Waals surface area contributed by atoms with Crippen LogP contribution in [0.25, 0.3) is 0 Å². The molecule has 1 saturated heterocycles. The average Bonchev–Trinajstić information content (AvgIpc) is 2.82. The molecule has 2 N–H and O–H groups in total. The normalized spacial score (nSPS) is 21.2. The largest absolute Gasteiger partial charge is 0.348 e. The molecule has 1 aliphatic rings. The quantitative estimate of drug-likeness (QED) is 0.867. The Labute approximate surface area is 107 Å². The van der Waals surface area contributed by atoms with E-state index in [1.54, 1.807) is 0 Å². The van der Waals surface area contributed by atoms with E-state index in [0.717, 1.165) is 24.9 Å². The van der Waals surface area contributed by atoms with Crippen molar-refractivity contribution in [3.63, 3.8) is 0 Å². The van der Waals surface area contributed by atoms with Gasteiger partial charge < -0.3 is 10.6 Å². The number of hydrogen-bond donors (Lipinski definition) is 2. The standard InChI is InChI=1S/C13H17ClN2O/c1-9(10-4-2-5-11(14)8-10)16-13(17)12-6-3-7-15-12/h2,4-5,8-9,12,15H,3,6-7H2,1H3,(H,16,17)/t9-,12?/m0/s1. The van der Waals surface area contributed by atoms with Gasteiger partial charge in [-0.25, -0.2) is 0 Å². The summed E-state index contributed by atoms with van der Waals surface area (Å²) >= 11 is 5.93. The Morgan fingerprint density at radius 1 is 1.59 bits per heavy atom. The van der Waals surface area contributed by atoms with Crippen molar-refractivity contribution in [2.45, 2.75) is 31.8 Å². The van der Waals surface area contributed by atoms with E-state index in [0.29, 0.717) is 5.02 Å². The third-order valence-corrected chi connectivity index (χ3v) is 3.32. The number of benzene rings is 1. The Bertz CT molecular complexity index is 402. The van der Waals surface area contributed by atoms with Crippen molar-refractivity contribution in [1.29, 1.82) is 0 Å². The highest BCUT2D eigenvalue weighted by Gasteiger charge is 2.23. The molecule has 0 aromatic heterocycles. The monoisotopic (exact) mass is 252 g/mol. The van der Waals surface area contributed by atoms with Crippen molar-refractivity contribution in [2.75, 3.05) is 6.54 Å². The molecule has 1 amide bonds. The van der Waals surface area contributed by atoms with Crippen LogP contribution in [-0.2, 0) is 4.79 Å². The second-order valence-corrected chi connectivity index (χ2v) is 4.87. The first-order valence-electron chi connectivity index (χ1n) is 5.96. The smallest absolute Gasteiger partial charge is 0.237 e. The summed E-state index contributed by atoms with van der Waals surface area (Å²) < 4.78 is 0. The molecule has 2 atom stereocenters. The molecule has 17 heavy (non-hydrogen) atoms. The molecule has 4 heteroatoms. The van der Waals surface area contributed by atoms with Crippen LogP contribution in [0.3, 0.4) is 0 Å². The number of carbonyl (C=O) groups excluding carboxylic acids is 1. The van der Waals surface area contributed by atoms with Crippen molar-refractivity contribution < 1.29 is 4.79 Å². The first-order chi connectivity index (χ1) is 8.16. The van der Waals surface area contributed by atoms with Crippen LogP contribution in [0.1, 0.15) is 31.4 Å². The Hall–Kier alpha value is -1.06. The summed E-state index contributed by atoms with van der Waals surface area (Å²) in [5.41, 5.74) is 1.03. The molecule has 1 unspecified atom stereocenters. The highest BCUT2D eigenvalue weighted by Crippen LogP contribution is 2.17. The van der Waals surface area contributed by atoms with Crippen LogP contribution >= 0.6 is 11.6 Å². The molecule has 0 bridgehead atoms. The number of hydrogen-bond acceptors (Lipinski definition) is 2. The van der Waals surface area contributed by atoms with Gasteiger partial charge in [-0.15, -0.1) is 0 Å². The highest BCUT2D eigenvalue weighted by atomic mass is 35.5. The fourth-order valence-corrected chi connectivity index (χ4v) is 2.28. The lowest BCUT2D eigenvalue weighted by Crippen LogP contribution is -2.41. The lowest BCUT2D eigenvalue weighted by atomic mass is 10.1. The Kier molecular flexibility index (Phi) is 4.02. The molecule has 2 rings (SSSR count). The maximum Gasteiger partial charge on any atom is 0.237 e. The SMILES string of the molecule is C[C@H](NC(=O)C1CCCN1)c1cccc(Cl)c1. The van der Waals surface area contributed by atoms with Gasteiger partial charge >= 0.3 is 0 Å². The number of amides is 1. The summed E-state index contributed by atoms with van der Waals surface area (Å²) in [6.45, 7) is 2.90. The molecule has 1 fully saturated rings. The van der Waals surface area contributed by atoms with E-state index in [4.69, 9.17) is 11.6 Å². The first kappa shape index (κ1) is 12.4. The minimum atomic E-state index is -0.0309. The van der Waals surface area contributed by atoms with Crippen LogP contribution < -0.4 is 10.6 Å². The highest BCUT2D eigenvalue weighted by molar-refractivity contribution is 6.30. The van der Waals surface area contributed by atoms with Crippen LogP contribution in [0.2, 0.25) is 5.02 Å². The molecule has 0 aliphatic carbocycles. The molecule has 3 nitrogen and oxygen atoms in total. The molecule has 0 radical (unpaired) electrons. The zero-order valence-corrected chi connectivity index (χ0v) is 10.6. The number of halogens is 1. The zero-order valence-electron chi connectivity index (χ0n) is 9.87. The maximum atomic E-state index is 11.9. The van der Waals surface area contributed by atoms with E-state index in [1.807, 2.05) is 31.2 Å². The predicted octanol–water partition coefficient (Wildman–Crippen LogP) is 2.27. The lowest BCUT2D eigenvalue weighted by molar-refractivity contribution is -0.123. The van der Waals surface area contributed by atoms with Crippen LogP contribution in [0.15, 0.2) is 24.3 Å². The molecule has 1 aromatic rings. The van der Waals surface area contributed by atoms with Crippen molar-refractivity contribution in [3.05, 3.63) is 34.9 Å². The first-order valence-corrected chi connectivity index (χ1v) is 6.34. The molecule has 1 heterocycles. The molecular formula is C13H17ClN2O. The molecule has 1 aliphatic heterocycles. The van der Waals surface area contributed by atoms with E-state index in [-0.39, 0.29) is 18.0 Å². The van der Waals surface area contributed by atoms with E-state index in [2.05, 4.69) is 10.6 Å². The van der Waals surface area contributed by atoms with Gasteiger partial charge in [0.05, 0.1) is 12.1 Å². The number of carbonyl (C=O) groups is 1. The van der Waals surface area contributed by atoms with Gasteiger partial charge in [-0.3, -0.25) is 4.79 Å². The van der Waals surface area contributed by atoms with E-state index < -0.39 is 0 Å². The van der Waals surface area contributed by atoms with Gasteiger partial charge in [-0.05, 0) is 44.0 Å². The summed E-state index contributed by atoms with van der Waals surface area (Å²) in [6, 6.07) is 7.54. The summed E-state index contributed by atoms with van der Waals surface area (Å²) in [4.78, 5) is 11.9. The minimum absolute atomic E-state index is 0.0106. The van der Waals surface area contributed by atoms with Crippen LogP contribution in [0.5, 0.6) is 0 Å². The minimum Gasteiger partial charge on any atom is -0.348 e. The third-order valence-electron chi connectivity index (χ3n) is 3.08. The summed E-state index contributed by atoms with van der Waals surface area (Å²) in [7, 11) is 0. The van der Waals surface area contributed by atoms with Crippen molar-refractivity contribution in [3.8, 4) is 0 Å². The van der Waals surface area contributed by atoms with E-state index in [1.165, 1.54) is 0 Å². The lowest BCUT2D eigenvalue weighted by Gasteiger charge is -2.17. The Balaban J connectivity index is 1.96. The van der Waals surface area contributed by atoms with Gasteiger partial charge in [0.25, 0.3) is 0 Å². The van der Waals surface area contributed by atoms with Crippen molar-refractivity contribution in [2.24, 2.45) is 0 Å². The van der Waals surface area contributed by atoms with Gasteiger partial charge in [0, 0.05) is 5.02 Å². The number of nitrogens with one attached hydrogen (secondary N) is 2. The van der Waals surface area contributed by atoms with Crippen LogP contribution in [-0.4, -0.2) is 18.5 Å². The second-order valence-electron chi connectivity index (χ2n) is 4.43. The van der Waals surface area contributed by atoms with Crippen LogP contribution in [0.4, 0.5) is 0 Å². The fraction of sp³-hybridized carbons (Fsp3) is 0.462. The van der Waals surface area contributed by atoms with Gasteiger partial charge in [-0.2, -0.15) is 0 Å². The Morgan fingerprint density at radius 3 is 3.06 bits per heavy atom. The molecule has 1 aromatic carbocycles. The third kappa shape index (κ3) is 3.20. The fourth-order valence-electron chi connectivity index (χ4n) is 2.08. The summed E-state index contributed by atoms with van der Waals surface area (Å²) in [5.74, 6) is 0.0787. The summed E-state index contributed by atoms with van der Waals surface area (Å²) in [5, 5.41) is 6.89. The van der Waals surface area contributed by atoms with Crippen molar-refractivity contribution in [1.82, 2.24) is 10.6 Å². The maximum absolute atomic E-state index is 11.9. The van der Waals surface area contributed by atoms with Crippen LogP contribution in [0, 0.1) is 0 Å². The van der Waals surface area contributed by atoms with E-state index >= 15 is 0 Å². The van der Waals surface area contributed by atoms with Crippen molar-refractivity contribution >= 4 is 17.5 Å². The molecule has 92 valence electrons. The van der Waals surface area contributed by atoms with E-state index in [9.17, 15) is 4.79 Å². The molecule has 0 spiro atoms. The van der Waals surface area contributed by atoms with Gasteiger partial charge in [0.1, 0.15) is 0 Å². The molecule has 0 saturated carbocycles. The number of rotatable bonds is 3. The zero-order chi connectivity index (χ0) is 12.3. The Morgan fingerprint density at radius 2 is 2.41 bits per heavy atom. The van der Waals surface area contributed by atoms with Gasteiger partial charge in [0.2, 0.25) is 5.91 Å². The van der Waals surface area contributed by atoms with Gasteiger partial charge in [0.15, 0.2) is 0 Å². The predicted molar refractivity (Wildman–Crippen MR) is 69.0 cm³/mol. The topological polar surface area (TPSA) is 41.1 Å². The van der Waals surface area contributed by atoms with Gasteiger partial charge in [-0.1, -0.05) is 23.7 Å². The molecular weight excluding hydrogens is 236 g/mol. The average molecular weight is 253 g/mol. The second kappa shape index (κ2) is 5.52.